The molecule has 0 aliphatic carbocycles. The number of anilines is 1. The fourth-order valence-electron chi connectivity index (χ4n) is 7.12. The summed E-state index contributed by atoms with van der Waals surface area (Å²) in [4.78, 5) is 30.8. The molecule has 4 saturated heterocycles. The third kappa shape index (κ3) is 4.75. The van der Waals surface area contributed by atoms with E-state index in [2.05, 4.69) is 68.6 Å². The Hall–Kier alpha value is -2.54. The summed E-state index contributed by atoms with van der Waals surface area (Å²) in [5.41, 5.74) is 3.87. The topological polar surface area (TPSA) is 104 Å². The van der Waals surface area contributed by atoms with Crippen molar-refractivity contribution in [1.82, 2.24) is 35.8 Å². The summed E-state index contributed by atoms with van der Waals surface area (Å²) < 4.78 is 5.93. The minimum Gasteiger partial charge on any atom is -0.365 e. The number of ether oxygens (including phenoxy) is 1. The Morgan fingerprint density at radius 2 is 1.97 bits per heavy atom. The number of nitrogens with zero attached hydrogens (tertiary/aromatic N) is 4. The molecular formula is C28H40N8O3. The number of hydrogen-bond donors (Lipinski definition) is 4. The van der Waals surface area contributed by atoms with Gasteiger partial charge in [0, 0.05) is 31.9 Å². The number of hydrogen-bond acceptors (Lipinski definition) is 9. The number of likely N-dealkylation sites (N-methyl/N-ethyl adjacent to an activating group) is 1. The highest BCUT2D eigenvalue weighted by Crippen LogP contribution is 2.33. The average Bonchev–Trinajstić information content (AvgIpc) is 3.21. The summed E-state index contributed by atoms with van der Waals surface area (Å²) in [6.07, 6.45) is 8.16. The maximum Gasteiger partial charge on any atom is 0.249 e. The zero-order chi connectivity index (χ0) is 26.5. The fraction of sp³-hybridized carbons (Fsp3) is 0.643. The van der Waals surface area contributed by atoms with E-state index in [9.17, 15) is 9.59 Å². The lowest BCUT2D eigenvalue weighted by Crippen LogP contribution is -2.72. The van der Waals surface area contributed by atoms with Gasteiger partial charge in [0.25, 0.3) is 0 Å². The first-order chi connectivity index (χ1) is 19.0. The standard InChI is InChI=1S/C28H40N8O3/c1-33-13-10-18-14-20(7-6-19(18)16-33)30-28-29-15-21-25(32-28)36-23-9-8-22-26(31-23)34(24(37)17-39-22)11-4-2-3-5-12-35(36)27(21)38/h3,5-7,14,21-23,25-26,28-32H,2,4,8-13,15-17H2,1H3/b5-3-. The molecule has 39 heavy (non-hydrogen) atoms. The molecule has 1 aromatic carbocycles. The van der Waals surface area contributed by atoms with Crippen molar-refractivity contribution in [3.63, 3.8) is 0 Å². The second kappa shape index (κ2) is 10.5. The van der Waals surface area contributed by atoms with E-state index in [1.165, 1.54) is 11.1 Å². The quantitative estimate of drug-likeness (QED) is 0.394. The van der Waals surface area contributed by atoms with Gasteiger partial charge >= 0.3 is 0 Å². The van der Waals surface area contributed by atoms with Crippen LogP contribution >= 0.6 is 0 Å². The van der Waals surface area contributed by atoms with E-state index in [1.807, 2.05) is 9.91 Å². The largest absolute Gasteiger partial charge is 0.365 e. The average molecular weight is 537 g/mol. The Balaban J connectivity index is 1.13. The van der Waals surface area contributed by atoms with Crippen LogP contribution < -0.4 is 21.3 Å². The molecule has 1 aromatic rings. The molecule has 6 aliphatic rings. The van der Waals surface area contributed by atoms with Gasteiger partial charge in [0.2, 0.25) is 11.8 Å². The molecule has 0 radical (unpaired) electrons. The van der Waals surface area contributed by atoms with Crippen molar-refractivity contribution in [2.24, 2.45) is 5.92 Å². The van der Waals surface area contributed by atoms with Gasteiger partial charge in [0.15, 0.2) is 0 Å². The lowest BCUT2D eigenvalue weighted by molar-refractivity contribution is -0.176. The predicted molar refractivity (Wildman–Crippen MR) is 146 cm³/mol. The van der Waals surface area contributed by atoms with Gasteiger partial charge in [-0.2, -0.15) is 5.01 Å². The number of piperidine rings is 1. The zero-order valence-corrected chi connectivity index (χ0v) is 22.6. The molecule has 0 spiro atoms. The monoisotopic (exact) mass is 536 g/mol. The molecule has 11 nitrogen and oxygen atoms in total. The molecule has 0 saturated carbocycles. The van der Waals surface area contributed by atoms with Crippen LogP contribution in [0.1, 0.15) is 36.8 Å². The van der Waals surface area contributed by atoms with Crippen LogP contribution in [0.15, 0.2) is 30.4 Å². The number of rotatable bonds is 2. The third-order valence-corrected chi connectivity index (χ3v) is 9.17. The number of allylic oxidation sites excluding steroid dienone is 1. The van der Waals surface area contributed by atoms with Crippen LogP contribution in [-0.4, -0.2) is 102 Å². The van der Waals surface area contributed by atoms with Crippen molar-refractivity contribution in [2.75, 3.05) is 45.2 Å². The number of nitrogens with one attached hydrogen (secondary N) is 4. The summed E-state index contributed by atoms with van der Waals surface area (Å²) >= 11 is 0. The van der Waals surface area contributed by atoms with Crippen LogP contribution in [0.3, 0.4) is 0 Å². The van der Waals surface area contributed by atoms with E-state index in [4.69, 9.17) is 4.74 Å². The molecule has 4 fully saturated rings. The Bertz CT molecular complexity index is 1150. The number of carbonyl (C=O) groups is 2. The first kappa shape index (κ1) is 25.4. The fourth-order valence-corrected chi connectivity index (χ4v) is 7.12. The molecule has 6 heterocycles. The molecule has 6 aliphatic heterocycles. The summed E-state index contributed by atoms with van der Waals surface area (Å²) in [7, 11) is 2.17. The highest BCUT2D eigenvalue weighted by Gasteiger charge is 2.53. The van der Waals surface area contributed by atoms with Gasteiger partial charge in [-0.1, -0.05) is 18.2 Å². The molecule has 6 unspecified atom stereocenters. The molecule has 4 N–H and O–H groups in total. The van der Waals surface area contributed by atoms with Crippen LogP contribution in [0.25, 0.3) is 0 Å². The van der Waals surface area contributed by atoms with Gasteiger partial charge in [-0.3, -0.25) is 30.5 Å². The van der Waals surface area contributed by atoms with Crippen molar-refractivity contribution >= 4 is 17.5 Å². The van der Waals surface area contributed by atoms with E-state index in [-0.39, 0.29) is 55.2 Å². The van der Waals surface area contributed by atoms with Crippen molar-refractivity contribution in [3.05, 3.63) is 41.5 Å². The van der Waals surface area contributed by atoms with E-state index < -0.39 is 0 Å². The first-order valence-electron chi connectivity index (χ1n) is 14.5. The Morgan fingerprint density at radius 1 is 1.05 bits per heavy atom. The molecule has 0 aromatic heterocycles. The smallest absolute Gasteiger partial charge is 0.249 e. The third-order valence-electron chi connectivity index (χ3n) is 9.17. The van der Waals surface area contributed by atoms with Crippen LogP contribution in [0.5, 0.6) is 0 Å². The normalized spacial score (nSPS) is 36.3. The van der Waals surface area contributed by atoms with Crippen molar-refractivity contribution in [3.8, 4) is 0 Å². The van der Waals surface area contributed by atoms with Gasteiger partial charge in [0.05, 0.1) is 30.9 Å². The van der Waals surface area contributed by atoms with Crippen molar-refractivity contribution in [1.29, 1.82) is 0 Å². The van der Waals surface area contributed by atoms with Gasteiger partial charge < -0.3 is 19.9 Å². The van der Waals surface area contributed by atoms with E-state index >= 15 is 0 Å². The summed E-state index contributed by atoms with van der Waals surface area (Å²) in [5, 5.41) is 18.7. The SMILES string of the molecule is CN1CCc2cc(NC3NCC4C(=O)N5C/C=C\CCCN6C(=O)COC7CCC(NC76)N5C4N3)ccc2C1. The lowest BCUT2D eigenvalue weighted by atomic mass is 9.99. The molecule has 2 bridgehead atoms. The van der Waals surface area contributed by atoms with Gasteiger partial charge in [-0.05, 0) is 62.4 Å². The summed E-state index contributed by atoms with van der Waals surface area (Å²) in [6, 6.07) is 6.64. The minimum atomic E-state index is -0.194. The number of benzene rings is 1. The lowest BCUT2D eigenvalue weighted by Gasteiger charge is -2.50. The maximum absolute atomic E-state index is 13.7. The number of amides is 2. The van der Waals surface area contributed by atoms with Crippen molar-refractivity contribution in [2.45, 2.75) is 69.5 Å². The second-order valence-corrected chi connectivity index (χ2v) is 11.7. The Kier molecular flexibility index (Phi) is 6.82. The second-order valence-electron chi connectivity index (χ2n) is 11.7. The number of fused-ring (bicyclic) bond motifs is 6. The Morgan fingerprint density at radius 3 is 2.90 bits per heavy atom. The summed E-state index contributed by atoms with van der Waals surface area (Å²) in [6.45, 7) is 4.08. The number of morpholine rings is 1. The number of carbonyl (C=O) groups excluding carboxylic acids is 2. The van der Waals surface area contributed by atoms with Gasteiger partial charge in [0.1, 0.15) is 19.1 Å². The molecule has 210 valence electrons. The number of hydrazine groups is 1. The van der Waals surface area contributed by atoms with Crippen LogP contribution in [0.2, 0.25) is 0 Å². The molecule has 11 heteroatoms. The van der Waals surface area contributed by atoms with Gasteiger partial charge in [-0.15, -0.1) is 0 Å². The van der Waals surface area contributed by atoms with E-state index in [1.54, 1.807) is 0 Å². The highest BCUT2D eigenvalue weighted by atomic mass is 16.5. The van der Waals surface area contributed by atoms with Gasteiger partial charge in [-0.25, -0.2) is 0 Å². The first-order valence-corrected chi connectivity index (χ1v) is 14.5. The Labute approximate surface area is 229 Å². The van der Waals surface area contributed by atoms with Crippen LogP contribution in [0.4, 0.5) is 5.69 Å². The molecule has 6 atom stereocenters. The highest BCUT2D eigenvalue weighted by molar-refractivity contribution is 5.82. The summed E-state index contributed by atoms with van der Waals surface area (Å²) in [5.74, 6) is -0.0195. The predicted octanol–water partition coefficient (Wildman–Crippen LogP) is 0.177. The van der Waals surface area contributed by atoms with E-state index in [0.29, 0.717) is 19.6 Å². The maximum atomic E-state index is 13.7. The van der Waals surface area contributed by atoms with Crippen molar-refractivity contribution < 1.29 is 14.3 Å². The van der Waals surface area contributed by atoms with Crippen LogP contribution in [-0.2, 0) is 27.3 Å². The van der Waals surface area contributed by atoms with E-state index in [0.717, 1.165) is 50.9 Å². The molecule has 2 amide bonds. The molecule has 7 rings (SSSR count). The van der Waals surface area contributed by atoms with Crippen LogP contribution in [0, 0.1) is 5.92 Å². The zero-order valence-electron chi connectivity index (χ0n) is 22.6. The minimum absolute atomic E-state index is 0.0147. The molecular weight excluding hydrogens is 496 g/mol.